The molecule has 0 amide bonds. The summed E-state index contributed by atoms with van der Waals surface area (Å²) in [5, 5.41) is 0.267. The number of halogens is 2. The predicted molar refractivity (Wildman–Crippen MR) is 59.9 cm³/mol. The first-order chi connectivity index (χ1) is 7.04. The topological polar surface area (TPSA) is 33.3 Å². The molecule has 0 atom stereocenters. The van der Waals surface area contributed by atoms with Crippen molar-refractivity contribution in [1.82, 2.24) is 5.43 Å². The highest BCUT2D eigenvalue weighted by Crippen LogP contribution is 2.30. The van der Waals surface area contributed by atoms with Gasteiger partial charge in [0, 0.05) is 13.1 Å². The van der Waals surface area contributed by atoms with E-state index >= 15 is 0 Å². The van der Waals surface area contributed by atoms with E-state index in [2.05, 4.69) is 10.9 Å². The van der Waals surface area contributed by atoms with Crippen LogP contribution >= 0.6 is 11.6 Å². The molecule has 0 saturated heterocycles. The van der Waals surface area contributed by atoms with Gasteiger partial charge in [-0.3, -0.25) is 0 Å². The maximum atomic E-state index is 13.3. The number of nitrogens with one attached hydrogen (secondary N) is 2. The van der Waals surface area contributed by atoms with Crippen LogP contribution in [-0.4, -0.2) is 13.2 Å². The molecule has 15 heavy (non-hydrogen) atoms. The number of benzene rings is 1. The second-order valence-corrected chi connectivity index (χ2v) is 3.71. The van der Waals surface area contributed by atoms with Crippen molar-refractivity contribution in [3.8, 4) is 5.75 Å². The average molecular weight is 233 g/mol. The molecule has 0 saturated carbocycles. The SMILES string of the molecule is CNNc1cc(OC(C)C)c(Cl)cc1F. The summed E-state index contributed by atoms with van der Waals surface area (Å²) < 4.78 is 18.7. The first-order valence-electron chi connectivity index (χ1n) is 4.63. The Morgan fingerprint density at radius 1 is 1.40 bits per heavy atom. The first kappa shape index (κ1) is 12.1. The van der Waals surface area contributed by atoms with E-state index in [0.29, 0.717) is 11.4 Å². The third-order valence-corrected chi connectivity index (χ3v) is 1.94. The van der Waals surface area contributed by atoms with Crippen LogP contribution in [0.15, 0.2) is 12.1 Å². The third kappa shape index (κ3) is 3.25. The van der Waals surface area contributed by atoms with Crippen LogP contribution in [-0.2, 0) is 0 Å². The monoisotopic (exact) mass is 232 g/mol. The zero-order valence-corrected chi connectivity index (χ0v) is 9.65. The molecule has 0 aliphatic rings. The molecule has 1 aromatic rings. The fraction of sp³-hybridized carbons (Fsp3) is 0.400. The number of ether oxygens (including phenoxy) is 1. The number of anilines is 1. The zero-order valence-electron chi connectivity index (χ0n) is 8.90. The van der Waals surface area contributed by atoms with Crippen LogP contribution in [0, 0.1) is 5.82 Å². The average Bonchev–Trinajstić information content (AvgIpc) is 2.12. The molecule has 3 nitrogen and oxygen atoms in total. The second kappa shape index (κ2) is 5.19. The van der Waals surface area contributed by atoms with E-state index in [4.69, 9.17) is 16.3 Å². The third-order valence-electron chi connectivity index (χ3n) is 1.64. The van der Waals surface area contributed by atoms with Gasteiger partial charge in [0.2, 0.25) is 0 Å². The van der Waals surface area contributed by atoms with Crippen LogP contribution in [0.1, 0.15) is 13.8 Å². The largest absolute Gasteiger partial charge is 0.489 e. The lowest BCUT2D eigenvalue weighted by Crippen LogP contribution is -2.16. The molecule has 84 valence electrons. The van der Waals surface area contributed by atoms with Gasteiger partial charge in [0.05, 0.1) is 16.8 Å². The lowest BCUT2D eigenvalue weighted by molar-refractivity contribution is 0.242. The van der Waals surface area contributed by atoms with Crippen LogP contribution in [0.5, 0.6) is 5.75 Å². The summed E-state index contributed by atoms with van der Waals surface area (Å²) in [6, 6.07) is 2.74. The molecule has 0 unspecified atom stereocenters. The molecule has 0 spiro atoms. The Kier molecular flexibility index (Phi) is 4.17. The fourth-order valence-corrected chi connectivity index (χ4v) is 1.30. The molecule has 0 radical (unpaired) electrons. The quantitative estimate of drug-likeness (QED) is 0.784. The van der Waals surface area contributed by atoms with Crippen LogP contribution in [0.2, 0.25) is 5.02 Å². The van der Waals surface area contributed by atoms with E-state index in [0.717, 1.165) is 0 Å². The number of hydrogen-bond acceptors (Lipinski definition) is 3. The van der Waals surface area contributed by atoms with E-state index in [9.17, 15) is 4.39 Å². The van der Waals surface area contributed by atoms with Gasteiger partial charge in [-0.2, -0.15) is 0 Å². The summed E-state index contributed by atoms with van der Waals surface area (Å²) in [6.07, 6.45) is -0.00426. The summed E-state index contributed by atoms with van der Waals surface area (Å²) in [7, 11) is 1.65. The summed E-state index contributed by atoms with van der Waals surface area (Å²) in [5.74, 6) is 0.0382. The van der Waals surface area contributed by atoms with Crippen LogP contribution < -0.4 is 15.6 Å². The molecule has 0 aliphatic heterocycles. The highest BCUT2D eigenvalue weighted by atomic mass is 35.5. The molecule has 0 fully saturated rings. The van der Waals surface area contributed by atoms with Gasteiger partial charge in [0.15, 0.2) is 0 Å². The summed E-state index contributed by atoms with van der Waals surface area (Å²) in [5.41, 5.74) is 5.59. The minimum absolute atomic E-state index is 0.00426. The minimum atomic E-state index is -0.426. The molecule has 2 N–H and O–H groups in total. The van der Waals surface area contributed by atoms with Gasteiger partial charge < -0.3 is 10.2 Å². The molecular weight excluding hydrogens is 219 g/mol. The minimum Gasteiger partial charge on any atom is -0.489 e. The van der Waals surface area contributed by atoms with Crippen LogP contribution in [0.4, 0.5) is 10.1 Å². The van der Waals surface area contributed by atoms with Crippen molar-refractivity contribution in [3.05, 3.63) is 23.0 Å². The van der Waals surface area contributed by atoms with E-state index in [1.807, 2.05) is 13.8 Å². The van der Waals surface area contributed by atoms with Crippen molar-refractivity contribution >= 4 is 17.3 Å². The number of rotatable bonds is 4. The first-order valence-corrected chi connectivity index (χ1v) is 5.01. The summed E-state index contributed by atoms with van der Waals surface area (Å²) in [6.45, 7) is 3.76. The molecule has 0 bridgehead atoms. The van der Waals surface area contributed by atoms with Gasteiger partial charge >= 0.3 is 0 Å². The van der Waals surface area contributed by atoms with Crippen molar-refractivity contribution < 1.29 is 9.13 Å². The Morgan fingerprint density at radius 2 is 2.07 bits per heavy atom. The summed E-state index contributed by atoms with van der Waals surface area (Å²) in [4.78, 5) is 0. The van der Waals surface area contributed by atoms with E-state index in [-0.39, 0.29) is 11.1 Å². The van der Waals surface area contributed by atoms with Crippen molar-refractivity contribution in [2.45, 2.75) is 20.0 Å². The van der Waals surface area contributed by atoms with Gasteiger partial charge in [-0.25, -0.2) is 9.82 Å². The molecule has 0 aliphatic carbocycles. The predicted octanol–water partition coefficient (Wildman–Crippen LogP) is 2.81. The molecule has 1 rings (SSSR count). The van der Waals surface area contributed by atoms with Crippen molar-refractivity contribution in [2.75, 3.05) is 12.5 Å². The van der Waals surface area contributed by atoms with Gasteiger partial charge in [-0.15, -0.1) is 0 Å². The lowest BCUT2D eigenvalue weighted by atomic mass is 10.3. The van der Waals surface area contributed by atoms with Crippen LogP contribution in [0.25, 0.3) is 0 Å². The van der Waals surface area contributed by atoms with Gasteiger partial charge in [0.25, 0.3) is 0 Å². The van der Waals surface area contributed by atoms with Gasteiger partial charge in [0.1, 0.15) is 11.6 Å². The molecule has 0 aromatic heterocycles. The highest BCUT2D eigenvalue weighted by molar-refractivity contribution is 6.32. The molecule has 0 heterocycles. The maximum Gasteiger partial charge on any atom is 0.149 e. The van der Waals surface area contributed by atoms with E-state index in [1.165, 1.54) is 12.1 Å². The Hall–Kier alpha value is -1.00. The van der Waals surface area contributed by atoms with Crippen molar-refractivity contribution in [2.24, 2.45) is 0 Å². The van der Waals surface area contributed by atoms with E-state index in [1.54, 1.807) is 7.05 Å². The van der Waals surface area contributed by atoms with Gasteiger partial charge in [-0.1, -0.05) is 11.6 Å². The lowest BCUT2D eigenvalue weighted by Gasteiger charge is -2.14. The Morgan fingerprint density at radius 3 is 2.60 bits per heavy atom. The second-order valence-electron chi connectivity index (χ2n) is 3.30. The molecule has 1 aromatic carbocycles. The van der Waals surface area contributed by atoms with Gasteiger partial charge in [-0.05, 0) is 19.9 Å². The maximum absolute atomic E-state index is 13.3. The molecular formula is C10H14ClFN2O. The smallest absolute Gasteiger partial charge is 0.149 e. The Balaban J connectivity index is 3.00. The number of hydrogen-bond donors (Lipinski definition) is 2. The van der Waals surface area contributed by atoms with Crippen molar-refractivity contribution in [3.63, 3.8) is 0 Å². The fourth-order valence-electron chi connectivity index (χ4n) is 1.10. The Labute approximate surface area is 93.5 Å². The number of hydrazine groups is 1. The highest BCUT2D eigenvalue weighted by Gasteiger charge is 2.10. The normalized spacial score (nSPS) is 10.5. The standard InChI is InChI=1S/C10H14ClFN2O/c1-6(2)15-10-5-9(14-13-3)8(12)4-7(10)11/h4-6,13-14H,1-3H3. The Bertz CT molecular complexity index is 344. The molecule has 5 heteroatoms. The van der Waals surface area contributed by atoms with E-state index < -0.39 is 5.82 Å². The van der Waals surface area contributed by atoms with Crippen molar-refractivity contribution in [1.29, 1.82) is 0 Å². The van der Waals surface area contributed by atoms with Crippen LogP contribution in [0.3, 0.4) is 0 Å². The zero-order chi connectivity index (χ0) is 11.4. The summed E-state index contributed by atoms with van der Waals surface area (Å²) >= 11 is 5.83.